The highest BCUT2D eigenvalue weighted by atomic mass is 19.1. The number of carbonyl (C=O) groups excluding carboxylic acids is 1. The number of ether oxygens (including phenoxy) is 1. The molecule has 0 spiro atoms. The number of nitrogens with zero attached hydrogens (tertiary/aromatic N) is 3. The van der Waals surface area contributed by atoms with Gasteiger partial charge in [0.25, 0.3) is 0 Å². The predicted molar refractivity (Wildman–Crippen MR) is 122 cm³/mol. The lowest BCUT2D eigenvalue weighted by Crippen LogP contribution is -2.34. The molecule has 2 aliphatic rings. The van der Waals surface area contributed by atoms with Crippen LogP contribution in [-0.2, 0) is 4.79 Å². The maximum atomic E-state index is 14.2. The van der Waals surface area contributed by atoms with Gasteiger partial charge in [0.15, 0.2) is 11.6 Å². The van der Waals surface area contributed by atoms with Crippen LogP contribution in [0.1, 0.15) is 51.9 Å². The van der Waals surface area contributed by atoms with Gasteiger partial charge in [-0.1, -0.05) is 26.2 Å². The second kappa shape index (κ2) is 11.7. The van der Waals surface area contributed by atoms with Gasteiger partial charge in [0.05, 0.1) is 6.20 Å². The number of benzene rings is 1. The van der Waals surface area contributed by atoms with Crippen LogP contribution in [0, 0.1) is 11.7 Å². The van der Waals surface area contributed by atoms with Crippen LogP contribution in [0.3, 0.4) is 0 Å². The molecule has 4 rings (SSSR count). The van der Waals surface area contributed by atoms with E-state index in [9.17, 15) is 9.18 Å². The molecule has 1 aliphatic heterocycles. The highest BCUT2D eigenvalue weighted by molar-refractivity contribution is 5.50. The summed E-state index contributed by atoms with van der Waals surface area (Å²) in [5.41, 5.74) is 0.928. The number of rotatable bonds is 5. The minimum absolute atomic E-state index is 0.233. The normalized spacial score (nSPS) is 19.2. The van der Waals surface area contributed by atoms with Crippen molar-refractivity contribution in [1.29, 1.82) is 0 Å². The minimum atomic E-state index is -0.338. The molecule has 1 amide bonds. The molecule has 0 bridgehead atoms. The Labute approximate surface area is 185 Å². The molecule has 0 N–H and O–H groups in total. The van der Waals surface area contributed by atoms with Crippen molar-refractivity contribution in [2.75, 3.05) is 25.0 Å². The van der Waals surface area contributed by atoms with Crippen molar-refractivity contribution in [3.05, 3.63) is 48.5 Å². The quantitative estimate of drug-likeness (QED) is 0.578. The lowest BCUT2D eigenvalue weighted by Gasteiger charge is -2.32. The molecule has 31 heavy (non-hydrogen) atoms. The van der Waals surface area contributed by atoms with Gasteiger partial charge in [-0.2, -0.15) is 0 Å². The van der Waals surface area contributed by atoms with Crippen LogP contribution in [0.5, 0.6) is 11.5 Å². The van der Waals surface area contributed by atoms with Crippen LogP contribution in [0.4, 0.5) is 10.1 Å². The molecule has 2 fully saturated rings. The molecule has 1 unspecified atom stereocenters. The molecular weight excluding hydrogens is 393 g/mol. The van der Waals surface area contributed by atoms with Gasteiger partial charge < -0.3 is 14.5 Å². The van der Waals surface area contributed by atoms with Gasteiger partial charge in [0.2, 0.25) is 6.41 Å². The molecule has 6 heteroatoms. The van der Waals surface area contributed by atoms with Crippen molar-refractivity contribution >= 4 is 12.1 Å². The van der Waals surface area contributed by atoms with Gasteiger partial charge in [-0.05, 0) is 55.9 Å². The molecule has 1 saturated heterocycles. The number of carbonyl (C=O) groups is 1. The van der Waals surface area contributed by atoms with Gasteiger partial charge in [-0.3, -0.25) is 9.78 Å². The number of hydrogen-bond acceptors (Lipinski definition) is 4. The van der Waals surface area contributed by atoms with E-state index in [1.165, 1.54) is 38.5 Å². The minimum Gasteiger partial charge on any atom is -0.453 e. The number of halogens is 1. The predicted octanol–water partition coefficient (Wildman–Crippen LogP) is 5.66. The zero-order valence-corrected chi connectivity index (χ0v) is 18.7. The number of aromatic nitrogens is 1. The van der Waals surface area contributed by atoms with Crippen molar-refractivity contribution in [2.24, 2.45) is 5.92 Å². The fraction of sp³-hybridized carbons (Fsp3) is 0.520. The number of hydrogen-bond donors (Lipinski definition) is 0. The summed E-state index contributed by atoms with van der Waals surface area (Å²) in [6, 6.07) is 9.22. The number of anilines is 1. The first-order chi connectivity index (χ1) is 15.1. The summed E-state index contributed by atoms with van der Waals surface area (Å²) in [4.78, 5) is 18.3. The summed E-state index contributed by atoms with van der Waals surface area (Å²) in [6.07, 6.45) is 12.9. The number of piperidine rings is 1. The molecule has 1 saturated carbocycles. The average Bonchev–Trinajstić information content (AvgIpc) is 2.81. The van der Waals surface area contributed by atoms with Crippen LogP contribution in [0.25, 0.3) is 0 Å². The summed E-state index contributed by atoms with van der Waals surface area (Å²) in [5, 5.41) is 0. The Morgan fingerprint density at radius 1 is 1.16 bits per heavy atom. The van der Waals surface area contributed by atoms with Crippen molar-refractivity contribution < 1.29 is 13.9 Å². The molecule has 5 nitrogen and oxygen atoms in total. The Bertz CT molecular complexity index is 812. The smallest absolute Gasteiger partial charge is 0.209 e. The van der Waals surface area contributed by atoms with Gasteiger partial charge in [-0.15, -0.1) is 0 Å². The van der Waals surface area contributed by atoms with Crippen LogP contribution < -0.4 is 9.64 Å². The standard InChI is InChI=1S/C17H19FN2O.C8H15NO/c1-13-4-3-9-20(12-13)14-6-7-17(16(18)10-14)21-15-5-2-8-19-11-15;1-9(7-10)8-5-3-2-4-6-8/h2,5-8,10-11,13H,3-4,9,12H2,1H3;7-8H,2-6H2,1H3. The van der Waals surface area contributed by atoms with E-state index in [4.69, 9.17) is 4.74 Å². The number of amides is 1. The van der Waals surface area contributed by atoms with Crippen LogP contribution in [0.2, 0.25) is 0 Å². The van der Waals surface area contributed by atoms with Crippen LogP contribution >= 0.6 is 0 Å². The molecule has 1 aliphatic carbocycles. The van der Waals surface area contributed by atoms with Gasteiger partial charge in [0.1, 0.15) is 5.75 Å². The zero-order valence-electron chi connectivity index (χ0n) is 18.7. The first-order valence-electron chi connectivity index (χ1n) is 11.4. The third-order valence-corrected chi connectivity index (χ3v) is 6.12. The Kier molecular flexibility index (Phi) is 8.68. The first kappa shape index (κ1) is 23.0. The summed E-state index contributed by atoms with van der Waals surface area (Å²) >= 11 is 0. The maximum absolute atomic E-state index is 14.2. The topological polar surface area (TPSA) is 45.7 Å². The van der Waals surface area contributed by atoms with E-state index in [1.54, 1.807) is 41.6 Å². The van der Waals surface area contributed by atoms with E-state index in [0.717, 1.165) is 31.6 Å². The Hall–Kier alpha value is -2.63. The molecule has 168 valence electrons. The Balaban J connectivity index is 0.000000229. The Morgan fingerprint density at radius 2 is 1.97 bits per heavy atom. The molecule has 1 atom stereocenters. The largest absolute Gasteiger partial charge is 0.453 e. The summed E-state index contributed by atoms with van der Waals surface area (Å²) in [5.74, 6) is 1.09. The van der Waals surface area contributed by atoms with E-state index in [0.29, 0.717) is 17.7 Å². The van der Waals surface area contributed by atoms with Crippen molar-refractivity contribution in [3.63, 3.8) is 0 Å². The van der Waals surface area contributed by atoms with Crippen molar-refractivity contribution in [2.45, 2.75) is 57.9 Å². The highest BCUT2D eigenvalue weighted by Crippen LogP contribution is 2.29. The van der Waals surface area contributed by atoms with E-state index < -0.39 is 0 Å². The van der Waals surface area contributed by atoms with E-state index in [1.807, 2.05) is 13.1 Å². The number of pyridine rings is 1. The fourth-order valence-electron chi connectivity index (χ4n) is 4.30. The molecule has 1 aromatic carbocycles. The van der Waals surface area contributed by atoms with Gasteiger partial charge >= 0.3 is 0 Å². The maximum Gasteiger partial charge on any atom is 0.209 e. The molecule has 2 aromatic rings. The van der Waals surface area contributed by atoms with Gasteiger partial charge in [0, 0.05) is 44.1 Å². The van der Waals surface area contributed by atoms with Gasteiger partial charge in [-0.25, -0.2) is 4.39 Å². The SMILES string of the molecule is CC1CCCN(c2ccc(Oc3cccnc3)c(F)c2)C1.CN(C=O)C1CCCCC1. The zero-order chi connectivity index (χ0) is 22.1. The summed E-state index contributed by atoms with van der Waals surface area (Å²) < 4.78 is 19.7. The van der Waals surface area contributed by atoms with Crippen molar-refractivity contribution in [3.8, 4) is 11.5 Å². The third kappa shape index (κ3) is 6.94. The average molecular weight is 428 g/mol. The lowest BCUT2D eigenvalue weighted by atomic mass is 9.95. The van der Waals surface area contributed by atoms with Crippen LogP contribution in [0.15, 0.2) is 42.7 Å². The summed E-state index contributed by atoms with van der Waals surface area (Å²) in [7, 11) is 1.88. The third-order valence-electron chi connectivity index (χ3n) is 6.12. The van der Waals surface area contributed by atoms with E-state index in [-0.39, 0.29) is 11.6 Å². The lowest BCUT2D eigenvalue weighted by molar-refractivity contribution is -0.119. The second-order valence-electron chi connectivity index (χ2n) is 8.66. The molecule has 0 radical (unpaired) electrons. The molecule has 1 aromatic heterocycles. The second-order valence-corrected chi connectivity index (χ2v) is 8.66. The fourth-order valence-corrected chi connectivity index (χ4v) is 4.30. The van der Waals surface area contributed by atoms with Crippen LogP contribution in [-0.4, -0.2) is 42.5 Å². The van der Waals surface area contributed by atoms with E-state index in [2.05, 4.69) is 16.8 Å². The molecular formula is C25H34FN3O2. The van der Waals surface area contributed by atoms with Crippen molar-refractivity contribution in [1.82, 2.24) is 9.88 Å². The first-order valence-corrected chi connectivity index (χ1v) is 11.4. The highest BCUT2D eigenvalue weighted by Gasteiger charge is 2.18. The van der Waals surface area contributed by atoms with E-state index >= 15 is 0 Å². The Morgan fingerprint density at radius 3 is 2.61 bits per heavy atom. The summed E-state index contributed by atoms with van der Waals surface area (Å²) in [6.45, 7) is 4.22. The molecule has 2 heterocycles. The monoisotopic (exact) mass is 427 g/mol.